The number of fused-ring (bicyclic) bond motifs is 1. The third kappa shape index (κ3) is 3.45. The second-order valence-electron chi connectivity index (χ2n) is 5.37. The topological polar surface area (TPSA) is 69.9 Å². The van der Waals surface area contributed by atoms with E-state index in [0.717, 1.165) is 4.88 Å². The Labute approximate surface area is 153 Å². The summed E-state index contributed by atoms with van der Waals surface area (Å²) in [5.74, 6) is -0.694. The Kier molecular flexibility index (Phi) is 5.32. The smallest absolute Gasteiger partial charge is 0.311 e. The number of carbonyl (C=O) groups excluding carboxylic acids is 2. The van der Waals surface area contributed by atoms with Gasteiger partial charge in [0.25, 0.3) is 0 Å². The SMILES string of the molecule is CCOC(=O)Cc1cn2c(C=O)c(-c3ccc(OCC)c(F)c3)nc2s1. The third-order valence-electron chi connectivity index (χ3n) is 3.65. The summed E-state index contributed by atoms with van der Waals surface area (Å²) < 4.78 is 25.8. The van der Waals surface area contributed by atoms with Crippen molar-refractivity contribution in [3.63, 3.8) is 0 Å². The van der Waals surface area contributed by atoms with Crippen LogP contribution in [-0.4, -0.2) is 34.9 Å². The maximum Gasteiger partial charge on any atom is 0.311 e. The van der Waals surface area contributed by atoms with E-state index in [1.54, 1.807) is 30.5 Å². The second-order valence-corrected chi connectivity index (χ2v) is 6.47. The molecule has 8 heteroatoms. The van der Waals surface area contributed by atoms with Crippen LogP contribution >= 0.6 is 11.3 Å². The van der Waals surface area contributed by atoms with Crippen LogP contribution in [0.1, 0.15) is 29.2 Å². The van der Waals surface area contributed by atoms with Gasteiger partial charge >= 0.3 is 5.97 Å². The molecule has 3 aromatic rings. The summed E-state index contributed by atoms with van der Waals surface area (Å²) in [5, 5.41) is 0. The first kappa shape index (κ1) is 18.1. The first-order valence-corrected chi connectivity index (χ1v) is 8.93. The van der Waals surface area contributed by atoms with E-state index in [-0.39, 0.29) is 18.1 Å². The first-order valence-electron chi connectivity index (χ1n) is 8.11. The number of nitrogens with zero attached hydrogens (tertiary/aromatic N) is 2. The van der Waals surface area contributed by atoms with Crippen molar-refractivity contribution in [1.29, 1.82) is 0 Å². The van der Waals surface area contributed by atoms with Crippen LogP contribution < -0.4 is 4.74 Å². The highest BCUT2D eigenvalue weighted by atomic mass is 32.1. The van der Waals surface area contributed by atoms with Crippen LogP contribution in [0.4, 0.5) is 4.39 Å². The molecule has 0 amide bonds. The molecule has 0 unspecified atom stereocenters. The van der Waals surface area contributed by atoms with Crippen molar-refractivity contribution in [3.8, 4) is 17.0 Å². The molecule has 3 rings (SSSR count). The number of imidazole rings is 1. The Morgan fingerprint density at radius 2 is 2.15 bits per heavy atom. The van der Waals surface area contributed by atoms with Crippen LogP contribution in [0.2, 0.25) is 0 Å². The lowest BCUT2D eigenvalue weighted by atomic mass is 10.1. The number of halogens is 1. The van der Waals surface area contributed by atoms with E-state index in [2.05, 4.69) is 4.98 Å². The molecule has 26 heavy (non-hydrogen) atoms. The number of carbonyl (C=O) groups is 2. The Morgan fingerprint density at radius 3 is 2.81 bits per heavy atom. The van der Waals surface area contributed by atoms with Gasteiger partial charge in [0.15, 0.2) is 22.8 Å². The zero-order valence-electron chi connectivity index (χ0n) is 14.3. The van der Waals surface area contributed by atoms with Gasteiger partial charge in [-0.3, -0.25) is 14.0 Å². The van der Waals surface area contributed by atoms with Crippen molar-refractivity contribution in [2.24, 2.45) is 0 Å². The number of benzene rings is 1. The molecule has 0 saturated carbocycles. The quantitative estimate of drug-likeness (QED) is 0.466. The summed E-state index contributed by atoms with van der Waals surface area (Å²) in [7, 11) is 0. The lowest BCUT2D eigenvalue weighted by Gasteiger charge is -2.06. The zero-order chi connectivity index (χ0) is 18.7. The maximum absolute atomic E-state index is 14.1. The minimum absolute atomic E-state index is 0.118. The van der Waals surface area contributed by atoms with Gasteiger partial charge in [-0.25, -0.2) is 9.37 Å². The lowest BCUT2D eigenvalue weighted by molar-refractivity contribution is -0.142. The molecular formula is C18H17FN2O4S. The fourth-order valence-electron chi connectivity index (χ4n) is 2.59. The molecule has 0 saturated heterocycles. The molecular weight excluding hydrogens is 359 g/mol. The van der Waals surface area contributed by atoms with Crippen LogP contribution in [0.25, 0.3) is 16.2 Å². The Bertz CT molecular complexity index is 964. The molecule has 6 nitrogen and oxygen atoms in total. The van der Waals surface area contributed by atoms with Gasteiger partial charge in [-0.15, -0.1) is 11.3 Å². The van der Waals surface area contributed by atoms with Crippen LogP contribution in [0, 0.1) is 5.82 Å². The number of hydrogen-bond donors (Lipinski definition) is 0. The van der Waals surface area contributed by atoms with E-state index in [9.17, 15) is 14.0 Å². The second kappa shape index (κ2) is 7.65. The van der Waals surface area contributed by atoms with E-state index in [4.69, 9.17) is 9.47 Å². The number of esters is 1. The number of aldehydes is 1. The van der Waals surface area contributed by atoms with Gasteiger partial charge in [-0.2, -0.15) is 0 Å². The average molecular weight is 376 g/mol. The van der Waals surface area contributed by atoms with Gasteiger partial charge < -0.3 is 9.47 Å². The number of rotatable bonds is 7. The molecule has 0 aliphatic rings. The van der Waals surface area contributed by atoms with Gasteiger partial charge in [0.05, 0.1) is 19.6 Å². The van der Waals surface area contributed by atoms with Crippen molar-refractivity contribution in [2.75, 3.05) is 13.2 Å². The van der Waals surface area contributed by atoms with Crippen LogP contribution in [0.3, 0.4) is 0 Å². The summed E-state index contributed by atoms with van der Waals surface area (Å²) in [6, 6.07) is 4.47. The van der Waals surface area contributed by atoms with E-state index in [1.165, 1.54) is 23.5 Å². The molecule has 0 fully saturated rings. The minimum Gasteiger partial charge on any atom is -0.491 e. The molecule has 0 aliphatic carbocycles. The largest absolute Gasteiger partial charge is 0.491 e. The van der Waals surface area contributed by atoms with Gasteiger partial charge in [0, 0.05) is 16.6 Å². The van der Waals surface area contributed by atoms with Crippen molar-refractivity contribution in [2.45, 2.75) is 20.3 Å². The standard InChI is InChI=1S/C18H17FN2O4S/c1-3-24-15-6-5-11(7-13(15)19)17-14(10-22)21-9-12(26-18(21)20-17)8-16(23)25-4-2/h5-7,9-10H,3-4,8H2,1-2H3. The predicted octanol–water partition coefficient (Wildman–Crippen LogP) is 3.52. The van der Waals surface area contributed by atoms with Crippen molar-refractivity contribution in [1.82, 2.24) is 9.38 Å². The Balaban J connectivity index is 1.97. The van der Waals surface area contributed by atoms with Crippen molar-refractivity contribution >= 4 is 28.6 Å². The molecule has 0 bridgehead atoms. The monoisotopic (exact) mass is 376 g/mol. The summed E-state index contributed by atoms with van der Waals surface area (Å²) in [4.78, 5) is 28.9. The lowest BCUT2D eigenvalue weighted by Crippen LogP contribution is -2.06. The zero-order valence-corrected chi connectivity index (χ0v) is 15.1. The summed E-state index contributed by atoms with van der Waals surface area (Å²) in [5.41, 5.74) is 1.17. The fraction of sp³-hybridized carbons (Fsp3) is 0.278. The van der Waals surface area contributed by atoms with E-state index < -0.39 is 5.82 Å². The third-order valence-corrected chi connectivity index (χ3v) is 4.63. The predicted molar refractivity (Wildman–Crippen MR) is 95.4 cm³/mol. The highest BCUT2D eigenvalue weighted by Crippen LogP contribution is 2.30. The van der Waals surface area contributed by atoms with Gasteiger partial charge in [-0.1, -0.05) is 0 Å². The molecule has 0 spiro atoms. The average Bonchev–Trinajstić information content (AvgIpc) is 3.13. The normalized spacial score (nSPS) is 10.9. The molecule has 136 valence electrons. The van der Waals surface area contributed by atoms with Gasteiger partial charge in [0.1, 0.15) is 11.4 Å². The van der Waals surface area contributed by atoms with Gasteiger partial charge in [-0.05, 0) is 32.0 Å². The number of thiazole rings is 1. The first-order chi connectivity index (χ1) is 12.6. The van der Waals surface area contributed by atoms with Crippen molar-refractivity contribution < 1.29 is 23.5 Å². The number of ether oxygens (including phenoxy) is 2. The number of aromatic nitrogens is 2. The fourth-order valence-corrected chi connectivity index (χ4v) is 3.56. The summed E-state index contributed by atoms with van der Waals surface area (Å²) in [6.07, 6.45) is 2.47. The Morgan fingerprint density at radius 1 is 1.35 bits per heavy atom. The van der Waals surface area contributed by atoms with Crippen LogP contribution in [0.15, 0.2) is 24.4 Å². The molecule has 0 radical (unpaired) electrons. The Hall–Kier alpha value is -2.74. The van der Waals surface area contributed by atoms with Gasteiger partial charge in [0.2, 0.25) is 0 Å². The summed E-state index contributed by atoms with van der Waals surface area (Å²) >= 11 is 1.29. The van der Waals surface area contributed by atoms with E-state index >= 15 is 0 Å². The molecule has 0 atom stereocenters. The molecule has 1 aromatic carbocycles. The molecule has 0 N–H and O–H groups in total. The van der Waals surface area contributed by atoms with E-state index in [0.29, 0.717) is 41.4 Å². The highest BCUT2D eigenvalue weighted by molar-refractivity contribution is 7.17. The minimum atomic E-state index is -0.513. The molecule has 2 heterocycles. The maximum atomic E-state index is 14.1. The molecule has 2 aromatic heterocycles. The molecule has 0 aliphatic heterocycles. The van der Waals surface area contributed by atoms with Crippen LogP contribution in [0.5, 0.6) is 5.75 Å². The highest BCUT2D eigenvalue weighted by Gasteiger charge is 2.18. The van der Waals surface area contributed by atoms with E-state index in [1.807, 2.05) is 0 Å². The number of hydrogen-bond acceptors (Lipinski definition) is 6. The summed E-state index contributed by atoms with van der Waals surface area (Å²) in [6.45, 7) is 4.19. The van der Waals surface area contributed by atoms with Crippen LogP contribution in [-0.2, 0) is 16.0 Å². The van der Waals surface area contributed by atoms with Crippen molar-refractivity contribution in [3.05, 3.63) is 40.8 Å².